The molecule has 0 aliphatic rings. The molecular weight excluding hydrogens is 438 g/mol. The standard InChI is InChI=1S/C23H19N7O2S/c1-14(31)26-16-4-6-17(7-5-16)27-22-20-23(30(13-25-20)18-9-10-33-12-18)29-21(28-22)15-3-8-19(32-2)24-11-15/h3-13H,1-2H3,(H,26,31)(H,27,28,29). The highest BCUT2D eigenvalue weighted by molar-refractivity contribution is 7.08. The Balaban J connectivity index is 1.59. The average Bonchev–Trinajstić information content (AvgIpc) is 3.50. The predicted molar refractivity (Wildman–Crippen MR) is 128 cm³/mol. The van der Waals surface area contributed by atoms with Gasteiger partial charge in [-0.15, -0.1) is 0 Å². The van der Waals surface area contributed by atoms with E-state index in [1.54, 1.807) is 37.0 Å². The smallest absolute Gasteiger partial charge is 0.221 e. The summed E-state index contributed by atoms with van der Waals surface area (Å²) in [6, 6.07) is 13.0. The zero-order chi connectivity index (χ0) is 22.8. The van der Waals surface area contributed by atoms with Crippen LogP contribution in [0.2, 0.25) is 0 Å². The van der Waals surface area contributed by atoms with E-state index in [9.17, 15) is 4.79 Å². The lowest BCUT2D eigenvalue weighted by molar-refractivity contribution is -0.114. The molecule has 0 unspecified atom stereocenters. The maximum absolute atomic E-state index is 11.3. The number of ether oxygens (including phenoxy) is 1. The van der Waals surface area contributed by atoms with Crippen LogP contribution in [0, 0.1) is 0 Å². The normalized spacial score (nSPS) is 10.8. The summed E-state index contributed by atoms with van der Waals surface area (Å²) in [5, 5.41) is 10.1. The Hall–Kier alpha value is -4.31. The fourth-order valence-corrected chi connectivity index (χ4v) is 3.94. The van der Waals surface area contributed by atoms with Gasteiger partial charge in [0, 0.05) is 41.5 Å². The lowest BCUT2D eigenvalue weighted by Crippen LogP contribution is -2.05. The first kappa shape index (κ1) is 20.6. The molecule has 10 heteroatoms. The van der Waals surface area contributed by atoms with Crippen molar-refractivity contribution >= 4 is 45.6 Å². The van der Waals surface area contributed by atoms with E-state index >= 15 is 0 Å². The minimum atomic E-state index is -0.120. The number of nitrogens with one attached hydrogen (secondary N) is 2. The number of pyridine rings is 1. The van der Waals surface area contributed by atoms with E-state index in [4.69, 9.17) is 14.7 Å². The van der Waals surface area contributed by atoms with Crippen LogP contribution in [0.1, 0.15) is 6.92 Å². The summed E-state index contributed by atoms with van der Waals surface area (Å²) in [6.45, 7) is 1.48. The van der Waals surface area contributed by atoms with Crippen LogP contribution >= 0.6 is 11.3 Å². The number of fused-ring (bicyclic) bond motifs is 1. The molecule has 0 saturated heterocycles. The largest absolute Gasteiger partial charge is 0.481 e. The van der Waals surface area contributed by atoms with Crippen LogP contribution in [-0.4, -0.2) is 37.5 Å². The highest BCUT2D eigenvalue weighted by atomic mass is 32.1. The van der Waals surface area contributed by atoms with Crippen molar-refractivity contribution in [3.05, 3.63) is 65.7 Å². The molecule has 0 saturated carbocycles. The van der Waals surface area contributed by atoms with Gasteiger partial charge in [-0.25, -0.2) is 19.9 Å². The van der Waals surface area contributed by atoms with Crippen molar-refractivity contribution in [2.75, 3.05) is 17.7 Å². The zero-order valence-corrected chi connectivity index (χ0v) is 18.6. The Labute approximate surface area is 193 Å². The molecule has 0 fully saturated rings. The number of aromatic nitrogens is 5. The quantitative estimate of drug-likeness (QED) is 0.382. The number of rotatable bonds is 6. The molecule has 2 N–H and O–H groups in total. The van der Waals surface area contributed by atoms with Crippen molar-refractivity contribution in [2.45, 2.75) is 6.92 Å². The number of benzene rings is 1. The van der Waals surface area contributed by atoms with Crippen LogP contribution < -0.4 is 15.4 Å². The molecule has 0 bridgehead atoms. The van der Waals surface area contributed by atoms with Crippen LogP contribution in [-0.2, 0) is 4.79 Å². The van der Waals surface area contributed by atoms with Crippen molar-refractivity contribution in [3.8, 4) is 23.0 Å². The van der Waals surface area contributed by atoms with Gasteiger partial charge in [-0.2, -0.15) is 11.3 Å². The number of hydrogen-bond donors (Lipinski definition) is 2. The highest BCUT2D eigenvalue weighted by Crippen LogP contribution is 2.29. The topological polar surface area (TPSA) is 107 Å². The van der Waals surface area contributed by atoms with Gasteiger partial charge in [-0.1, -0.05) is 0 Å². The van der Waals surface area contributed by atoms with Crippen LogP contribution in [0.25, 0.3) is 28.2 Å². The second-order valence-electron chi connectivity index (χ2n) is 7.14. The minimum absolute atomic E-state index is 0.120. The Morgan fingerprint density at radius 1 is 1.03 bits per heavy atom. The van der Waals surface area contributed by atoms with Crippen molar-refractivity contribution in [2.24, 2.45) is 0 Å². The summed E-state index contributed by atoms with van der Waals surface area (Å²) in [4.78, 5) is 29.7. The van der Waals surface area contributed by atoms with E-state index in [0.717, 1.165) is 16.9 Å². The second kappa shape index (κ2) is 8.67. The van der Waals surface area contributed by atoms with E-state index in [0.29, 0.717) is 34.4 Å². The van der Waals surface area contributed by atoms with Crippen LogP contribution in [0.15, 0.2) is 65.7 Å². The third-order valence-electron chi connectivity index (χ3n) is 4.85. The van der Waals surface area contributed by atoms with Gasteiger partial charge in [-0.05, 0) is 41.8 Å². The second-order valence-corrected chi connectivity index (χ2v) is 7.92. The van der Waals surface area contributed by atoms with Gasteiger partial charge in [0.05, 0.1) is 12.8 Å². The van der Waals surface area contributed by atoms with Gasteiger partial charge >= 0.3 is 0 Å². The molecule has 1 amide bonds. The first-order chi connectivity index (χ1) is 16.1. The number of imidazole rings is 1. The monoisotopic (exact) mass is 457 g/mol. The summed E-state index contributed by atoms with van der Waals surface area (Å²) in [5.41, 5.74) is 4.55. The lowest BCUT2D eigenvalue weighted by atomic mass is 10.2. The van der Waals surface area contributed by atoms with Gasteiger partial charge in [0.15, 0.2) is 22.8 Å². The summed E-state index contributed by atoms with van der Waals surface area (Å²) in [6.07, 6.45) is 3.42. The van der Waals surface area contributed by atoms with Crippen LogP contribution in [0.5, 0.6) is 5.88 Å². The molecule has 4 aromatic heterocycles. The maximum atomic E-state index is 11.3. The molecule has 164 valence electrons. The van der Waals surface area contributed by atoms with Crippen molar-refractivity contribution < 1.29 is 9.53 Å². The fourth-order valence-electron chi connectivity index (χ4n) is 3.31. The molecule has 4 heterocycles. The predicted octanol–water partition coefficient (Wildman–Crippen LogP) is 4.65. The molecule has 5 aromatic rings. The third-order valence-corrected chi connectivity index (χ3v) is 5.52. The zero-order valence-electron chi connectivity index (χ0n) is 17.8. The number of amides is 1. The van der Waals surface area contributed by atoms with E-state index in [2.05, 4.69) is 20.6 Å². The minimum Gasteiger partial charge on any atom is -0.481 e. The molecule has 9 nitrogen and oxygen atoms in total. The SMILES string of the molecule is COc1ccc(-c2nc(Nc3ccc(NC(C)=O)cc3)c3ncn(-c4ccsc4)c3n2)cn1. The van der Waals surface area contributed by atoms with Gasteiger partial charge in [0.1, 0.15) is 6.33 Å². The van der Waals surface area contributed by atoms with Gasteiger partial charge in [0.2, 0.25) is 11.8 Å². The number of methoxy groups -OCH3 is 1. The van der Waals surface area contributed by atoms with Crippen LogP contribution in [0.3, 0.4) is 0 Å². The molecule has 0 radical (unpaired) electrons. The Kier molecular flexibility index (Phi) is 5.41. The maximum Gasteiger partial charge on any atom is 0.221 e. The van der Waals surface area contributed by atoms with Crippen molar-refractivity contribution in [1.29, 1.82) is 0 Å². The molecular formula is C23H19N7O2S. The number of anilines is 3. The summed E-state index contributed by atoms with van der Waals surface area (Å²) >= 11 is 1.60. The van der Waals surface area contributed by atoms with Gasteiger partial charge in [0.25, 0.3) is 0 Å². The number of carbonyl (C=O) groups is 1. The first-order valence-electron chi connectivity index (χ1n) is 10.0. The third kappa shape index (κ3) is 4.23. The number of thiophene rings is 1. The number of hydrogen-bond acceptors (Lipinski definition) is 8. The molecule has 0 aliphatic carbocycles. The Morgan fingerprint density at radius 2 is 1.85 bits per heavy atom. The van der Waals surface area contributed by atoms with Gasteiger partial charge in [-0.3, -0.25) is 9.36 Å². The number of nitrogens with zero attached hydrogens (tertiary/aromatic N) is 5. The molecule has 0 spiro atoms. The summed E-state index contributed by atoms with van der Waals surface area (Å²) in [7, 11) is 1.57. The fraction of sp³-hybridized carbons (Fsp3) is 0.0870. The Morgan fingerprint density at radius 3 is 2.52 bits per heavy atom. The Bertz CT molecular complexity index is 1410. The first-order valence-corrected chi connectivity index (χ1v) is 11.0. The lowest BCUT2D eigenvalue weighted by Gasteiger charge is -2.10. The van der Waals surface area contributed by atoms with E-state index in [1.807, 2.05) is 51.7 Å². The average molecular weight is 458 g/mol. The van der Waals surface area contributed by atoms with Crippen molar-refractivity contribution in [1.82, 2.24) is 24.5 Å². The van der Waals surface area contributed by atoms with E-state index in [1.165, 1.54) is 6.92 Å². The van der Waals surface area contributed by atoms with Crippen LogP contribution in [0.4, 0.5) is 17.2 Å². The van der Waals surface area contributed by atoms with Crippen molar-refractivity contribution in [3.63, 3.8) is 0 Å². The molecule has 33 heavy (non-hydrogen) atoms. The molecule has 0 atom stereocenters. The number of carbonyl (C=O) groups excluding carboxylic acids is 1. The summed E-state index contributed by atoms with van der Waals surface area (Å²) < 4.78 is 7.09. The molecule has 0 aliphatic heterocycles. The highest BCUT2D eigenvalue weighted by Gasteiger charge is 2.16. The van der Waals surface area contributed by atoms with Gasteiger partial charge < -0.3 is 15.4 Å². The molecule has 5 rings (SSSR count). The van der Waals surface area contributed by atoms with E-state index < -0.39 is 0 Å². The molecule has 1 aromatic carbocycles. The summed E-state index contributed by atoms with van der Waals surface area (Å²) in [5.74, 6) is 1.46. The van der Waals surface area contributed by atoms with E-state index in [-0.39, 0.29) is 5.91 Å².